The highest BCUT2D eigenvalue weighted by Gasteiger charge is 2.22. The minimum Gasteiger partial charge on any atom is -0.303 e. The Bertz CT molecular complexity index is 318. The van der Waals surface area contributed by atoms with Gasteiger partial charge in [0.15, 0.2) is 0 Å². The number of hydrogen-bond acceptors (Lipinski definition) is 3. The highest BCUT2D eigenvalue weighted by Crippen LogP contribution is 2.38. The third-order valence-electron chi connectivity index (χ3n) is 2.05. The standard InChI is InChI=1S/C9H10ClNOS/c10-7-1-2-9-6(3-7)4-8(13-9)5-12-11/h1-3,8H,4-5,11H2. The van der Waals surface area contributed by atoms with Crippen LogP contribution in [0.4, 0.5) is 0 Å². The second-order valence-electron chi connectivity index (χ2n) is 3.03. The van der Waals surface area contributed by atoms with Crippen molar-refractivity contribution in [3.63, 3.8) is 0 Å². The molecule has 0 aliphatic carbocycles. The van der Waals surface area contributed by atoms with Crippen LogP contribution >= 0.6 is 23.4 Å². The fraction of sp³-hybridized carbons (Fsp3) is 0.333. The van der Waals surface area contributed by atoms with Crippen LogP contribution in [0.3, 0.4) is 0 Å². The van der Waals surface area contributed by atoms with Crippen molar-refractivity contribution >= 4 is 23.4 Å². The van der Waals surface area contributed by atoms with E-state index in [0.29, 0.717) is 11.9 Å². The molecule has 2 rings (SSSR count). The second-order valence-corrected chi connectivity index (χ2v) is 4.81. The lowest BCUT2D eigenvalue weighted by Gasteiger charge is -2.03. The molecule has 0 radical (unpaired) electrons. The van der Waals surface area contributed by atoms with Crippen molar-refractivity contribution < 1.29 is 4.84 Å². The summed E-state index contributed by atoms with van der Waals surface area (Å²) < 4.78 is 0. The fourth-order valence-corrected chi connectivity index (χ4v) is 2.89. The van der Waals surface area contributed by atoms with Crippen molar-refractivity contribution in [3.8, 4) is 0 Å². The fourth-order valence-electron chi connectivity index (χ4n) is 1.49. The van der Waals surface area contributed by atoms with Crippen molar-refractivity contribution in [1.82, 2.24) is 0 Å². The van der Waals surface area contributed by atoms with E-state index in [0.717, 1.165) is 11.4 Å². The van der Waals surface area contributed by atoms with Crippen molar-refractivity contribution in [3.05, 3.63) is 28.8 Å². The Labute approximate surface area is 86.4 Å². The first-order valence-corrected chi connectivity index (χ1v) is 5.32. The highest BCUT2D eigenvalue weighted by molar-refractivity contribution is 8.00. The van der Waals surface area contributed by atoms with Crippen molar-refractivity contribution in [2.75, 3.05) is 6.61 Å². The molecular weight excluding hydrogens is 206 g/mol. The summed E-state index contributed by atoms with van der Waals surface area (Å²) >= 11 is 7.69. The smallest absolute Gasteiger partial charge is 0.0804 e. The first-order chi connectivity index (χ1) is 6.29. The van der Waals surface area contributed by atoms with Gasteiger partial charge in [-0.1, -0.05) is 11.6 Å². The Morgan fingerprint density at radius 2 is 2.46 bits per heavy atom. The van der Waals surface area contributed by atoms with Crippen LogP contribution in [0.2, 0.25) is 5.02 Å². The maximum absolute atomic E-state index is 5.88. The topological polar surface area (TPSA) is 35.2 Å². The van der Waals surface area contributed by atoms with Crippen LogP contribution in [0.25, 0.3) is 0 Å². The molecule has 1 unspecified atom stereocenters. The number of rotatable bonds is 2. The number of benzene rings is 1. The maximum Gasteiger partial charge on any atom is 0.0804 e. The summed E-state index contributed by atoms with van der Waals surface area (Å²) in [6, 6.07) is 5.98. The van der Waals surface area contributed by atoms with Crippen molar-refractivity contribution in [2.45, 2.75) is 16.6 Å². The molecule has 1 aromatic rings. The summed E-state index contributed by atoms with van der Waals surface area (Å²) in [5.74, 6) is 5.03. The number of fused-ring (bicyclic) bond motifs is 1. The summed E-state index contributed by atoms with van der Waals surface area (Å²) in [5, 5.41) is 1.24. The molecular formula is C9H10ClNOS. The zero-order chi connectivity index (χ0) is 9.26. The molecule has 1 aliphatic rings. The van der Waals surface area contributed by atoms with Gasteiger partial charge in [-0.05, 0) is 30.2 Å². The lowest BCUT2D eigenvalue weighted by molar-refractivity contribution is 0.139. The molecule has 2 N–H and O–H groups in total. The summed E-state index contributed by atoms with van der Waals surface area (Å²) in [6.45, 7) is 0.594. The summed E-state index contributed by atoms with van der Waals surface area (Å²) in [6.07, 6.45) is 0.998. The number of thioether (sulfide) groups is 1. The largest absolute Gasteiger partial charge is 0.303 e. The van der Waals surface area contributed by atoms with Crippen LogP contribution in [-0.4, -0.2) is 11.9 Å². The van der Waals surface area contributed by atoms with E-state index >= 15 is 0 Å². The van der Waals surface area contributed by atoms with E-state index in [2.05, 4.69) is 10.9 Å². The third kappa shape index (κ3) is 1.99. The van der Waals surface area contributed by atoms with E-state index in [-0.39, 0.29) is 0 Å². The molecule has 1 aromatic carbocycles. The van der Waals surface area contributed by atoms with Gasteiger partial charge >= 0.3 is 0 Å². The number of hydrogen-bond donors (Lipinski definition) is 1. The molecule has 4 heteroatoms. The molecule has 0 saturated carbocycles. The molecule has 0 saturated heterocycles. The average molecular weight is 216 g/mol. The molecule has 1 aliphatic heterocycles. The second kappa shape index (κ2) is 3.88. The zero-order valence-electron chi connectivity index (χ0n) is 7.00. The van der Waals surface area contributed by atoms with Gasteiger partial charge in [-0.3, -0.25) is 0 Å². The van der Waals surface area contributed by atoms with E-state index < -0.39 is 0 Å². The molecule has 0 aromatic heterocycles. The van der Waals surface area contributed by atoms with Crippen LogP contribution in [-0.2, 0) is 11.3 Å². The summed E-state index contributed by atoms with van der Waals surface area (Å²) in [5.41, 5.74) is 1.31. The predicted octanol–water partition coefficient (Wildman–Crippen LogP) is 2.25. The zero-order valence-corrected chi connectivity index (χ0v) is 8.57. The normalized spacial score (nSPS) is 20.3. The van der Waals surface area contributed by atoms with Gasteiger partial charge < -0.3 is 4.84 Å². The van der Waals surface area contributed by atoms with Crippen LogP contribution in [0, 0.1) is 0 Å². The van der Waals surface area contributed by atoms with Crippen LogP contribution in [0.15, 0.2) is 23.1 Å². The molecule has 1 atom stereocenters. The van der Waals surface area contributed by atoms with Gasteiger partial charge in [-0.25, -0.2) is 5.90 Å². The molecule has 1 heterocycles. The van der Waals surface area contributed by atoms with Gasteiger partial charge in [0.2, 0.25) is 0 Å². The maximum atomic E-state index is 5.88. The van der Waals surface area contributed by atoms with Gasteiger partial charge in [0.25, 0.3) is 0 Å². The van der Waals surface area contributed by atoms with Crippen LogP contribution < -0.4 is 5.90 Å². The number of halogens is 1. The lowest BCUT2D eigenvalue weighted by Crippen LogP contribution is -2.13. The van der Waals surface area contributed by atoms with Crippen LogP contribution in [0.1, 0.15) is 5.56 Å². The van der Waals surface area contributed by atoms with E-state index in [1.807, 2.05) is 12.1 Å². The van der Waals surface area contributed by atoms with Gasteiger partial charge in [-0.2, -0.15) is 0 Å². The van der Waals surface area contributed by atoms with Crippen molar-refractivity contribution in [1.29, 1.82) is 0 Å². The minimum atomic E-state index is 0.443. The lowest BCUT2D eigenvalue weighted by atomic mass is 10.1. The van der Waals surface area contributed by atoms with E-state index in [4.69, 9.17) is 17.5 Å². The third-order valence-corrected chi connectivity index (χ3v) is 3.57. The number of nitrogens with two attached hydrogens (primary N) is 1. The van der Waals surface area contributed by atoms with Gasteiger partial charge in [0.1, 0.15) is 0 Å². The van der Waals surface area contributed by atoms with E-state index in [9.17, 15) is 0 Å². The Morgan fingerprint density at radius 1 is 1.62 bits per heavy atom. The highest BCUT2D eigenvalue weighted by atomic mass is 35.5. The van der Waals surface area contributed by atoms with Crippen molar-refractivity contribution in [2.24, 2.45) is 5.90 Å². The van der Waals surface area contributed by atoms with Gasteiger partial charge in [0.05, 0.1) is 6.61 Å². The Morgan fingerprint density at radius 3 is 3.23 bits per heavy atom. The van der Waals surface area contributed by atoms with E-state index in [1.165, 1.54) is 10.5 Å². The quantitative estimate of drug-likeness (QED) is 0.769. The molecule has 0 bridgehead atoms. The molecule has 70 valence electrons. The summed E-state index contributed by atoms with van der Waals surface area (Å²) in [4.78, 5) is 5.93. The Kier molecular flexibility index (Phi) is 2.79. The van der Waals surface area contributed by atoms with Gasteiger partial charge in [-0.15, -0.1) is 11.8 Å². The first kappa shape index (κ1) is 9.34. The Balaban J connectivity index is 2.16. The molecule has 0 fully saturated rings. The van der Waals surface area contributed by atoms with Gasteiger partial charge in [0, 0.05) is 15.2 Å². The molecule has 13 heavy (non-hydrogen) atoms. The average Bonchev–Trinajstić information content (AvgIpc) is 2.46. The minimum absolute atomic E-state index is 0.443. The molecule has 0 spiro atoms. The predicted molar refractivity (Wildman–Crippen MR) is 54.9 cm³/mol. The molecule has 2 nitrogen and oxygen atoms in total. The molecule has 0 amide bonds. The Hall–Kier alpha value is -0.220. The summed E-state index contributed by atoms with van der Waals surface area (Å²) in [7, 11) is 0. The first-order valence-electron chi connectivity index (χ1n) is 4.06. The van der Waals surface area contributed by atoms with E-state index in [1.54, 1.807) is 11.8 Å². The monoisotopic (exact) mass is 215 g/mol. The van der Waals surface area contributed by atoms with Crippen LogP contribution in [0.5, 0.6) is 0 Å². The SMILES string of the molecule is NOCC1Cc2cc(Cl)ccc2S1.